The number of anilines is 1. The number of hydrogen-bond acceptors (Lipinski definition) is 7. The minimum Gasteiger partial charge on any atom is -0.494 e. The molecule has 166 valence electrons. The Bertz CT molecular complexity index is 1090. The first-order valence-corrected chi connectivity index (χ1v) is 11.8. The first-order chi connectivity index (χ1) is 15.6. The van der Waals surface area contributed by atoms with Crippen molar-refractivity contribution >= 4 is 23.4 Å². The van der Waals surface area contributed by atoms with Gasteiger partial charge in [-0.05, 0) is 43.2 Å². The molecule has 2 heterocycles. The number of aromatic nitrogens is 3. The van der Waals surface area contributed by atoms with Gasteiger partial charge >= 0.3 is 0 Å². The molecule has 8 heteroatoms. The largest absolute Gasteiger partial charge is 0.494 e. The third kappa shape index (κ3) is 4.55. The second-order valence-electron chi connectivity index (χ2n) is 7.39. The van der Waals surface area contributed by atoms with Gasteiger partial charge in [0, 0.05) is 23.8 Å². The first-order valence-electron chi connectivity index (χ1n) is 10.8. The lowest BCUT2D eigenvalue weighted by Crippen LogP contribution is -2.36. The predicted molar refractivity (Wildman–Crippen MR) is 125 cm³/mol. The van der Waals surface area contributed by atoms with Crippen molar-refractivity contribution in [3.05, 3.63) is 54.1 Å². The van der Waals surface area contributed by atoms with E-state index in [-0.39, 0.29) is 5.91 Å². The van der Waals surface area contributed by atoms with Crippen LogP contribution in [0.15, 0.2) is 53.7 Å². The highest BCUT2D eigenvalue weighted by Gasteiger charge is 2.34. The zero-order valence-electron chi connectivity index (χ0n) is 18.4. The number of thioether (sulfide) groups is 1. The molecule has 1 aliphatic heterocycles. The lowest BCUT2D eigenvalue weighted by atomic mass is 10.1. The van der Waals surface area contributed by atoms with Crippen LogP contribution < -0.4 is 14.4 Å². The number of benzene rings is 2. The molecule has 0 saturated carbocycles. The van der Waals surface area contributed by atoms with Gasteiger partial charge in [-0.2, -0.15) is 4.98 Å². The highest BCUT2D eigenvalue weighted by molar-refractivity contribution is 7.99. The van der Waals surface area contributed by atoms with E-state index in [0.29, 0.717) is 29.0 Å². The summed E-state index contributed by atoms with van der Waals surface area (Å²) in [6.07, 6.45) is 1.24. The molecule has 0 N–H and O–H groups in total. The Hall–Kier alpha value is -3.13. The summed E-state index contributed by atoms with van der Waals surface area (Å²) >= 11 is 1.53. The molecule has 0 aliphatic carbocycles. The summed E-state index contributed by atoms with van der Waals surface area (Å²) in [6, 6.07) is 15.2. The number of carbonyl (C=O) groups is 1. The van der Waals surface area contributed by atoms with Crippen molar-refractivity contribution in [2.24, 2.45) is 0 Å². The molecule has 3 aromatic rings. The van der Waals surface area contributed by atoms with E-state index in [2.05, 4.69) is 29.0 Å². The highest BCUT2D eigenvalue weighted by Crippen LogP contribution is 2.43. The van der Waals surface area contributed by atoms with Gasteiger partial charge < -0.3 is 9.47 Å². The van der Waals surface area contributed by atoms with E-state index < -0.39 is 6.23 Å². The molecule has 1 atom stereocenters. The van der Waals surface area contributed by atoms with Crippen LogP contribution in [0.1, 0.15) is 45.4 Å². The van der Waals surface area contributed by atoms with Gasteiger partial charge in [0.25, 0.3) is 0 Å². The minimum absolute atomic E-state index is 0.143. The molecule has 7 nitrogen and oxygen atoms in total. The van der Waals surface area contributed by atoms with E-state index >= 15 is 0 Å². The van der Waals surface area contributed by atoms with E-state index in [1.165, 1.54) is 18.7 Å². The maximum absolute atomic E-state index is 12.8. The summed E-state index contributed by atoms with van der Waals surface area (Å²) in [5, 5.41) is 9.26. The average Bonchev–Trinajstić information content (AvgIpc) is 2.96. The van der Waals surface area contributed by atoms with Crippen molar-refractivity contribution < 1.29 is 14.3 Å². The van der Waals surface area contributed by atoms with Crippen LogP contribution in [0, 0.1) is 0 Å². The molecule has 0 unspecified atom stereocenters. The topological polar surface area (TPSA) is 77.4 Å². The summed E-state index contributed by atoms with van der Waals surface area (Å²) in [6.45, 7) is 6.35. The number of para-hydroxylation sites is 1. The van der Waals surface area contributed by atoms with E-state index in [1.807, 2.05) is 48.5 Å². The second kappa shape index (κ2) is 9.99. The molecule has 0 spiro atoms. The molecule has 2 aromatic carbocycles. The van der Waals surface area contributed by atoms with Crippen LogP contribution in [0.4, 0.5) is 5.69 Å². The zero-order valence-corrected chi connectivity index (χ0v) is 19.3. The van der Waals surface area contributed by atoms with E-state index in [1.54, 1.807) is 4.90 Å². The monoisotopic (exact) mass is 450 g/mol. The van der Waals surface area contributed by atoms with Crippen LogP contribution in [0.3, 0.4) is 0 Å². The van der Waals surface area contributed by atoms with Gasteiger partial charge in [-0.15, -0.1) is 10.2 Å². The lowest BCUT2D eigenvalue weighted by Gasteiger charge is -2.30. The van der Waals surface area contributed by atoms with Gasteiger partial charge in [0.15, 0.2) is 5.69 Å². The van der Waals surface area contributed by atoms with E-state index in [4.69, 9.17) is 9.47 Å². The number of nitrogens with zero attached hydrogens (tertiary/aromatic N) is 4. The van der Waals surface area contributed by atoms with Crippen molar-refractivity contribution in [2.45, 2.75) is 45.0 Å². The predicted octanol–water partition coefficient (Wildman–Crippen LogP) is 5.27. The fourth-order valence-electron chi connectivity index (χ4n) is 3.47. The third-order valence-electron chi connectivity index (χ3n) is 4.92. The summed E-state index contributed by atoms with van der Waals surface area (Å²) in [5.74, 6) is 1.89. The normalized spacial score (nSPS) is 14.7. The summed E-state index contributed by atoms with van der Waals surface area (Å²) in [5.41, 5.74) is 2.81. The van der Waals surface area contributed by atoms with Gasteiger partial charge in [-0.25, -0.2) is 0 Å². The van der Waals surface area contributed by atoms with Crippen LogP contribution in [0.5, 0.6) is 11.6 Å². The van der Waals surface area contributed by atoms with Crippen molar-refractivity contribution in [1.82, 2.24) is 15.2 Å². The third-order valence-corrected chi connectivity index (χ3v) is 5.97. The van der Waals surface area contributed by atoms with E-state index in [0.717, 1.165) is 35.5 Å². The van der Waals surface area contributed by atoms with Crippen molar-refractivity contribution in [3.8, 4) is 22.9 Å². The molecule has 1 aliphatic rings. The average molecular weight is 451 g/mol. The van der Waals surface area contributed by atoms with Crippen molar-refractivity contribution in [2.75, 3.05) is 17.3 Å². The zero-order chi connectivity index (χ0) is 22.5. The quantitative estimate of drug-likeness (QED) is 0.454. The SMILES string of the molecule is CCCOc1ccc([C@H]2Oc3nc(SCCC)nnc3-c3ccccc3N2C(C)=O)cc1. The summed E-state index contributed by atoms with van der Waals surface area (Å²) < 4.78 is 12.1. The molecule has 1 amide bonds. The van der Waals surface area contributed by atoms with Crippen LogP contribution in [0.25, 0.3) is 11.3 Å². The Morgan fingerprint density at radius 2 is 1.88 bits per heavy atom. The Kier molecular flexibility index (Phi) is 6.90. The number of ether oxygens (including phenoxy) is 2. The van der Waals surface area contributed by atoms with E-state index in [9.17, 15) is 4.79 Å². The summed E-state index contributed by atoms with van der Waals surface area (Å²) in [7, 11) is 0. The van der Waals surface area contributed by atoms with Crippen LogP contribution in [-0.4, -0.2) is 33.4 Å². The fraction of sp³-hybridized carbons (Fsp3) is 0.333. The molecule has 1 aromatic heterocycles. The number of amides is 1. The number of carbonyl (C=O) groups excluding carboxylic acids is 1. The van der Waals surface area contributed by atoms with Crippen molar-refractivity contribution in [3.63, 3.8) is 0 Å². The second-order valence-corrected chi connectivity index (χ2v) is 8.45. The van der Waals surface area contributed by atoms with Gasteiger partial charge in [0.1, 0.15) is 5.75 Å². The van der Waals surface area contributed by atoms with Gasteiger partial charge in [-0.3, -0.25) is 9.69 Å². The smallest absolute Gasteiger partial charge is 0.247 e. The van der Waals surface area contributed by atoms with Crippen LogP contribution in [0.2, 0.25) is 0 Å². The molecule has 32 heavy (non-hydrogen) atoms. The Morgan fingerprint density at radius 3 is 2.59 bits per heavy atom. The maximum atomic E-state index is 12.8. The fourth-order valence-corrected chi connectivity index (χ4v) is 4.11. The Labute approximate surface area is 192 Å². The number of hydrogen-bond donors (Lipinski definition) is 0. The molecule has 0 saturated heterocycles. The molecule has 0 radical (unpaired) electrons. The first kappa shape index (κ1) is 22.1. The number of rotatable bonds is 7. The van der Waals surface area contributed by atoms with Gasteiger partial charge in [-0.1, -0.05) is 43.8 Å². The molecular weight excluding hydrogens is 424 g/mol. The van der Waals surface area contributed by atoms with Gasteiger partial charge in [0.2, 0.25) is 23.2 Å². The van der Waals surface area contributed by atoms with Crippen LogP contribution >= 0.6 is 11.8 Å². The molecule has 4 rings (SSSR count). The van der Waals surface area contributed by atoms with Crippen LogP contribution in [-0.2, 0) is 4.79 Å². The standard InChI is InChI=1S/C24H26N4O3S/c1-4-14-30-18-12-10-17(11-13-18)23-28(16(3)29)20-9-7-6-8-19(20)21-22(31-23)25-24(27-26-21)32-15-5-2/h6-13,23H,4-5,14-15H2,1-3H3/t23-/m1/s1. The maximum Gasteiger partial charge on any atom is 0.247 e. The van der Waals surface area contributed by atoms with Gasteiger partial charge in [0.05, 0.1) is 12.3 Å². The molecular formula is C24H26N4O3S. The highest BCUT2D eigenvalue weighted by atomic mass is 32.2. The minimum atomic E-state index is -0.698. The lowest BCUT2D eigenvalue weighted by molar-refractivity contribution is -0.118. The Morgan fingerprint density at radius 1 is 1.09 bits per heavy atom. The summed E-state index contributed by atoms with van der Waals surface area (Å²) in [4.78, 5) is 19.1. The Balaban J connectivity index is 1.80. The molecule has 0 fully saturated rings. The van der Waals surface area contributed by atoms with Crippen molar-refractivity contribution in [1.29, 1.82) is 0 Å². The molecule has 0 bridgehead atoms. The number of fused-ring (bicyclic) bond motifs is 3.